The van der Waals surface area contributed by atoms with Gasteiger partial charge in [0.1, 0.15) is 0 Å². The van der Waals surface area contributed by atoms with Gasteiger partial charge in [-0.2, -0.15) is 0 Å². The Bertz CT molecular complexity index is 274. The summed E-state index contributed by atoms with van der Waals surface area (Å²) in [7, 11) is 0. The molecule has 0 saturated heterocycles. The van der Waals surface area contributed by atoms with E-state index in [0.717, 1.165) is 17.0 Å². The van der Waals surface area contributed by atoms with E-state index in [-0.39, 0.29) is 0 Å². The van der Waals surface area contributed by atoms with Crippen LogP contribution in [0.15, 0.2) is 13.2 Å². The molecule has 15 heavy (non-hydrogen) atoms. The highest BCUT2D eigenvalue weighted by molar-refractivity contribution is 7.12. The smallest absolute Gasteiger partial charge is 0.0938 e. The van der Waals surface area contributed by atoms with Crippen LogP contribution in [0.2, 0.25) is 0 Å². The number of thiazole rings is 1. The third-order valence-corrected chi connectivity index (χ3v) is 2.98. The lowest BCUT2D eigenvalue weighted by Gasteiger charge is -1.89. The summed E-state index contributed by atoms with van der Waals surface area (Å²) >= 11 is 1.72. The Morgan fingerprint density at radius 2 is 1.93 bits per heavy atom. The molecule has 0 aliphatic heterocycles. The maximum absolute atomic E-state index is 4.47. The number of aryl methyl sites for hydroxylation is 1. The highest BCUT2D eigenvalue weighted by Gasteiger charge is 2.04. The standard InChI is InChI=1S/C11H15NS.C2H6/c1-4-7-8-11-12-9(5-2)10(6-3)13-11;1-2/h5-6H,2-4,7-8H2,1H3;1-2H3. The predicted molar refractivity (Wildman–Crippen MR) is 72.3 cm³/mol. The molecule has 1 heterocycles. The molecule has 2 heteroatoms. The fourth-order valence-electron chi connectivity index (χ4n) is 1.12. The Morgan fingerprint density at radius 3 is 2.33 bits per heavy atom. The lowest BCUT2D eigenvalue weighted by atomic mass is 10.2. The average Bonchev–Trinajstić information content (AvgIpc) is 2.71. The second kappa shape index (κ2) is 8.42. The van der Waals surface area contributed by atoms with Crippen molar-refractivity contribution in [3.05, 3.63) is 28.7 Å². The molecule has 0 fully saturated rings. The van der Waals surface area contributed by atoms with Crippen molar-refractivity contribution in [2.75, 3.05) is 0 Å². The van der Waals surface area contributed by atoms with Gasteiger partial charge in [-0.3, -0.25) is 0 Å². The van der Waals surface area contributed by atoms with Gasteiger partial charge in [-0.25, -0.2) is 4.98 Å². The summed E-state index contributed by atoms with van der Waals surface area (Å²) in [6.07, 6.45) is 7.15. The van der Waals surface area contributed by atoms with E-state index in [1.807, 2.05) is 19.9 Å². The van der Waals surface area contributed by atoms with E-state index >= 15 is 0 Å². The Kier molecular flexibility index (Phi) is 7.92. The van der Waals surface area contributed by atoms with E-state index in [4.69, 9.17) is 0 Å². The molecule has 84 valence electrons. The maximum Gasteiger partial charge on any atom is 0.0938 e. The molecule has 1 nitrogen and oxygen atoms in total. The normalized spacial score (nSPS) is 9.00. The summed E-state index contributed by atoms with van der Waals surface area (Å²) in [5.74, 6) is 0. The molecule has 0 spiro atoms. The average molecular weight is 223 g/mol. The Labute approximate surface area is 97.6 Å². The van der Waals surface area contributed by atoms with Crippen LogP contribution in [0, 0.1) is 0 Å². The summed E-state index contributed by atoms with van der Waals surface area (Å²) < 4.78 is 0. The first-order chi connectivity index (χ1) is 7.31. The van der Waals surface area contributed by atoms with Crippen molar-refractivity contribution in [3.63, 3.8) is 0 Å². The van der Waals surface area contributed by atoms with E-state index < -0.39 is 0 Å². The van der Waals surface area contributed by atoms with Crippen LogP contribution in [0.4, 0.5) is 0 Å². The second-order valence-electron chi connectivity index (χ2n) is 2.87. The molecule has 1 aromatic heterocycles. The lowest BCUT2D eigenvalue weighted by Crippen LogP contribution is -1.82. The topological polar surface area (TPSA) is 12.9 Å². The quantitative estimate of drug-likeness (QED) is 0.699. The SMILES string of the molecule is C=Cc1nc(CCCC)sc1C=C.CC. The van der Waals surface area contributed by atoms with Crippen LogP contribution < -0.4 is 0 Å². The van der Waals surface area contributed by atoms with Crippen molar-refractivity contribution < 1.29 is 0 Å². The molecular weight excluding hydrogens is 202 g/mol. The largest absolute Gasteiger partial charge is 0.241 e. The zero-order valence-corrected chi connectivity index (χ0v) is 10.9. The number of unbranched alkanes of at least 4 members (excludes halogenated alkanes) is 1. The lowest BCUT2D eigenvalue weighted by molar-refractivity contribution is 0.789. The van der Waals surface area contributed by atoms with Crippen LogP contribution in [0.1, 0.15) is 49.2 Å². The number of hydrogen-bond donors (Lipinski definition) is 0. The van der Waals surface area contributed by atoms with Gasteiger partial charge in [-0.05, 0) is 25.0 Å². The van der Waals surface area contributed by atoms with Crippen LogP contribution in [-0.2, 0) is 6.42 Å². The summed E-state index contributed by atoms with van der Waals surface area (Å²) in [5, 5.41) is 1.20. The highest BCUT2D eigenvalue weighted by Crippen LogP contribution is 2.21. The summed E-state index contributed by atoms with van der Waals surface area (Å²) in [5.41, 5.74) is 0.978. The Balaban J connectivity index is 0.000000921. The summed E-state index contributed by atoms with van der Waals surface area (Å²) in [4.78, 5) is 5.61. The van der Waals surface area contributed by atoms with Gasteiger partial charge in [0.05, 0.1) is 15.6 Å². The molecule has 0 saturated carbocycles. The molecule has 0 aliphatic rings. The Hall–Kier alpha value is -0.890. The first-order valence-corrected chi connectivity index (χ1v) is 6.38. The highest BCUT2D eigenvalue weighted by atomic mass is 32.1. The zero-order valence-electron chi connectivity index (χ0n) is 10.0. The second-order valence-corrected chi connectivity index (χ2v) is 3.98. The van der Waals surface area contributed by atoms with Gasteiger partial charge in [0.15, 0.2) is 0 Å². The van der Waals surface area contributed by atoms with Gasteiger partial charge < -0.3 is 0 Å². The van der Waals surface area contributed by atoms with Crippen molar-refractivity contribution >= 4 is 23.5 Å². The van der Waals surface area contributed by atoms with Crippen molar-refractivity contribution in [2.24, 2.45) is 0 Å². The molecular formula is C13H21NS. The van der Waals surface area contributed by atoms with Crippen molar-refractivity contribution in [2.45, 2.75) is 40.0 Å². The number of nitrogens with zero attached hydrogens (tertiary/aromatic N) is 1. The molecule has 0 aromatic carbocycles. The zero-order chi connectivity index (χ0) is 11.7. The van der Waals surface area contributed by atoms with Crippen LogP contribution in [0.5, 0.6) is 0 Å². The summed E-state index contributed by atoms with van der Waals surface area (Å²) in [6.45, 7) is 13.7. The summed E-state index contributed by atoms with van der Waals surface area (Å²) in [6, 6.07) is 0. The maximum atomic E-state index is 4.47. The third-order valence-electron chi connectivity index (χ3n) is 1.85. The molecule has 0 amide bonds. The molecule has 0 atom stereocenters. The van der Waals surface area contributed by atoms with E-state index in [0.29, 0.717) is 0 Å². The van der Waals surface area contributed by atoms with Crippen LogP contribution in [-0.4, -0.2) is 4.98 Å². The van der Waals surface area contributed by atoms with Crippen molar-refractivity contribution in [1.82, 2.24) is 4.98 Å². The minimum Gasteiger partial charge on any atom is -0.241 e. The van der Waals surface area contributed by atoms with E-state index in [1.165, 1.54) is 17.8 Å². The predicted octanol–water partition coefficient (Wildman–Crippen LogP) is 4.80. The molecule has 0 N–H and O–H groups in total. The monoisotopic (exact) mass is 223 g/mol. The molecule has 0 radical (unpaired) electrons. The van der Waals surface area contributed by atoms with Gasteiger partial charge in [-0.15, -0.1) is 11.3 Å². The minimum atomic E-state index is 0.978. The molecule has 0 aliphatic carbocycles. The van der Waals surface area contributed by atoms with Crippen molar-refractivity contribution in [1.29, 1.82) is 0 Å². The molecule has 1 rings (SSSR count). The minimum absolute atomic E-state index is 0.978. The molecule has 0 bridgehead atoms. The molecule has 1 aromatic rings. The van der Waals surface area contributed by atoms with Gasteiger partial charge in [0.25, 0.3) is 0 Å². The van der Waals surface area contributed by atoms with E-state index in [1.54, 1.807) is 17.4 Å². The third kappa shape index (κ3) is 4.43. The van der Waals surface area contributed by atoms with Crippen LogP contribution >= 0.6 is 11.3 Å². The Morgan fingerprint density at radius 1 is 1.27 bits per heavy atom. The number of rotatable bonds is 5. The fraction of sp³-hybridized carbons (Fsp3) is 0.462. The number of hydrogen-bond acceptors (Lipinski definition) is 2. The van der Waals surface area contributed by atoms with Crippen LogP contribution in [0.25, 0.3) is 12.2 Å². The fourth-order valence-corrected chi connectivity index (χ4v) is 2.08. The first-order valence-electron chi connectivity index (χ1n) is 5.56. The van der Waals surface area contributed by atoms with Gasteiger partial charge >= 0.3 is 0 Å². The van der Waals surface area contributed by atoms with Crippen molar-refractivity contribution in [3.8, 4) is 0 Å². The van der Waals surface area contributed by atoms with Gasteiger partial charge in [0.2, 0.25) is 0 Å². The van der Waals surface area contributed by atoms with Gasteiger partial charge in [0, 0.05) is 0 Å². The first kappa shape index (κ1) is 14.1. The number of aromatic nitrogens is 1. The molecule has 0 unspecified atom stereocenters. The van der Waals surface area contributed by atoms with Gasteiger partial charge in [-0.1, -0.05) is 40.3 Å². The van der Waals surface area contributed by atoms with E-state index in [9.17, 15) is 0 Å². The van der Waals surface area contributed by atoms with Crippen LogP contribution in [0.3, 0.4) is 0 Å². The van der Waals surface area contributed by atoms with E-state index in [2.05, 4.69) is 25.1 Å².